The molecule has 15 heteroatoms. The minimum atomic E-state index is -2.56. The summed E-state index contributed by atoms with van der Waals surface area (Å²) in [7, 11) is 3.08. The van der Waals surface area contributed by atoms with Gasteiger partial charge in [-0.3, -0.25) is 9.00 Å². The molecule has 13 nitrogen and oxygen atoms in total. The number of anilines is 1. The maximum Gasteiger partial charge on any atom is 0.266 e. The van der Waals surface area contributed by atoms with Crippen molar-refractivity contribution in [1.29, 1.82) is 0 Å². The summed E-state index contributed by atoms with van der Waals surface area (Å²) >= 11 is -2.56. The quantitative estimate of drug-likeness (QED) is 0.178. The van der Waals surface area contributed by atoms with E-state index in [9.17, 15) is 13.6 Å². The normalized spacial score (nSPS) is 11.5. The van der Waals surface area contributed by atoms with Crippen LogP contribution in [0.5, 0.6) is 23.3 Å². The SMILES string of the molecule is COc1ccc(COc2nc(CS(=O)[O-])nc(OCc3ccc(OC)cc3)c2C(=O)Nc2ccc(-c3cn[nH]n3)cc2F)cc1. The van der Waals surface area contributed by atoms with Crippen molar-refractivity contribution in [2.75, 3.05) is 19.5 Å². The zero-order valence-electron chi connectivity index (χ0n) is 24.0. The van der Waals surface area contributed by atoms with Crippen LogP contribution in [-0.4, -0.2) is 54.3 Å². The summed E-state index contributed by atoms with van der Waals surface area (Å²) in [5.41, 5.74) is 1.82. The summed E-state index contributed by atoms with van der Waals surface area (Å²) in [4.78, 5) is 22.2. The van der Waals surface area contributed by atoms with Gasteiger partial charge < -0.3 is 28.8 Å². The number of hydrogen-bond acceptors (Lipinski definition) is 11. The lowest BCUT2D eigenvalue weighted by Crippen LogP contribution is -2.19. The third-order valence-corrected chi connectivity index (χ3v) is 6.85. The van der Waals surface area contributed by atoms with Gasteiger partial charge in [0.2, 0.25) is 11.8 Å². The van der Waals surface area contributed by atoms with Crippen LogP contribution in [0.25, 0.3) is 11.3 Å². The third-order valence-electron chi connectivity index (χ3n) is 6.36. The van der Waals surface area contributed by atoms with Crippen LogP contribution in [0, 0.1) is 5.82 Å². The molecule has 2 N–H and O–H groups in total. The first-order valence-electron chi connectivity index (χ1n) is 13.3. The summed E-state index contributed by atoms with van der Waals surface area (Å²) in [5, 5.41) is 12.6. The van der Waals surface area contributed by atoms with Crippen LogP contribution >= 0.6 is 0 Å². The molecule has 0 saturated heterocycles. The topological polar surface area (TPSA) is 174 Å². The summed E-state index contributed by atoms with van der Waals surface area (Å²) in [5.74, 6) is -1.60. The van der Waals surface area contributed by atoms with Gasteiger partial charge >= 0.3 is 0 Å². The van der Waals surface area contributed by atoms with Crippen LogP contribution in [0.4, 0.5) is 10.1 Å². The largest absolute Gasteiger partial charge is 0.772 e. The molecule has 1 amide bonds. The van der Waals surface area contributed by atoms with Crippen molar-refractivity contribution in [3.8, 4) is 34.5 Å². The Morgan fingerprint density at radius 1 is 0.911 bits per heavy atom. The Morgan fingerprint density at radius 2 is 1.49 bits per heavy atom. The maximum absolute atomic E-state index is 15.1. The van der Waals surface area contributed by atoms with Gasteiger partial charge in [-0.05, 0) is 58.6 Å². The van der Waals surface area contributed by atoms with E-state index in [1.54, 1.807) is 54.6 Å². The average Bonchev–Trinajstić information content (AvgIpc) is 3.59. The molecule has 1 atom stereocenters. The number of methoxy groups -OCH3 is 2. The number of amides is 1. The van der Waals surface area contributed by atoms with Crippen molar-refractivity contribution in [2.45, 2.75) is 19.0 Å². The number of benzene rings is 3. The Bertz CT molecular complexity index is 1720. The van der Waals surface area contributed by atoms with E-state index in [4.69, 9.17) is 18.9 Å². The average molecular weight is 634 g/mol. The second kappa shape index (κ2) is 14.4. The molecule has 0 aliphatic carbocycles. The molecule has 232 valence electrons. The summed E-state index contributed by atoms with van der Waals surface area (Å²) in [6.07, 6.45) is 1.43. The van der Waals surface area contributed by atoms with Crippen LogP contribution in [0.15, 0.2) is 72.9 Å². The summed E-state index contributed by atoms with van der Waals surface area (Å²) in [6.45, 7) is -0.111. The van der Waals surface area contributed by atoms with Crippen molar-refractivity contribution in [2.24, 2.45) is 0 Å². The van der Waals surface area contributed by atoms with Crippen molar-refractivity contribution in [3.05, 3.63) is 101 Å². The van der Waals surface area contributed by atoms with Gasteiger partial charge in [0.25, 0.3) is 5.91 Å². The van der Waals surface area contributed by atoms with Crippen molar-refractivity contribution in [1.82, 2.24) is 25.4 Å². The number of nitrogens with zero attached hydrogens (tertiary/aromatic N) is 4. The Hall–Kier alpha value is -5.41. The molecular formula is C30H26FN6O7S-. The molecule has 1 unspecified atom stereocenters. The highest BCUT2D eigenvalue weighted by Gasteiger charge is 2.26. The van der Waals surface area contributed by atoms with Gasteiger partial charge in [-0.15, -0.1) is 0 Å². The Balaban J connectivity index is 1.50. The van der Waals surface area contributed by atoms with E-state index in [-0.39, 0.29) is 42.0 Å². The van der Waals surface area contributed by atoms with Crippen molar-refractivity contribution in [3.63, 3.8) is 0 Å². The van der Waals surface area contributed by atoms with Crippen LogP contribution in [0.1, 0.15) is 27.3 Å². The molecule has 0 fully saturated rings. The number of H-pyrrole nitrogens is 1. The van der Waals surface area contributed by atoms with E-state index in [1.807, 2.05) is 0 Å². The molecule has 0 spiro atoms. The van der Waals surface area contributed by atoms with Crippen molar-refractivity contribution < 1.29 is 36.9 Å². The lowest BCUT2D eigenvalue weighted by Gasteiger charge is -2.17. The molecule has 45 heavy (non-hydrogen) atoms. The number of ether oxygens (including phenoxy) is 4. The van der Waals surface area contributed by atoms with E-state index >= 15 is 4.39 Å². The number of aromatic amines is 1. The zero-order valence-corrected chi connectivity index (χ0v) is 24.8. The fourth-order valence-electron chi connectivity index (χ4n) is 4.08. The van der Waals surface area contributed by atoms with Gasteiger partial charge in [0.1, 0.15) is 42.0 Å². The van der Waals surface area contributed by atoms with Gasteiger partial charge in [0.15, 0.2) is 5.56 Å². The fourth-order valence-corrected chi connectivity index (χ4v) is 4.42. The highest BCUT2D eigenvalue weighted by atomic mass is 32.2. The predicted octanol–water partition coefficient (Wildman–Crippen LogP) is 4.21. The fraction of sp³-hybridized carbons (Fsp3) is 0.167. The van der Waals surface area contributed by atoms with Gasteiger partial charge in [0, 0.05) is 5.56 Å². The monoisotopic (exact) mass is 633 g/mol. The van der Waals surface area contributed by atoms with Gasteiger partial charge in [-0.2, -0.15) is 25.4 Å². The predicted molar refractivity (Wildman–Crippen MR) is 159 cm³/mol. The highest BCUT2D eigenvalue weighted by molar-refractivity contribution is 7.78. The van der Waals surface area contributed by atoms with Crippen LogP contribution in [-0.2, 0) is 30.0 Å². The molecule has 0 bridgehead atoms. The lowest BCUT2D eigenvalue weighted by atomic mass is 10.1. The number of carbonyl (C=O) groups excluding carboxylic acids is 1. The Kier molecular flexibility index (Phi) is 9.91. The second-order valence-corrected chi connectivity index (χ2v) is 10.2. The van der Waals surface area contributed by atoms with Gasteiger partial charge in [-0.25, -0.2) is 4.39 Å². The Morgan fingerprint density at radius 3 is 1.96 bits per heavy atom. The number of halogens is 1. The Labute approximate surface area is 259 Å². The van der Waals surface area contributed by atoms with Crippen LogP contribution in [0.3, 0.4) is 0 Å². The first-order valence-corrected chi connectivity index (χ1v) is 14.5. The molecule has 2 aromatic heterocycles. The molecule has 0 radical (unpaired) electrons. The van der Waals surface area contributed by atoms with Crippen molar-refractivity contribution >= 4 is 22.7 Å². The zero-order chi connectivity index (χ0) is 31.8. The summed E-state index contributed by atoms with van der Waals surface area (Å²) < 4.78 is 60.5. The van der Waals surface area contributed by atoms with Crippen LogP contribution < -0.4 is 24.3 Å². The number of hydrogen-bond donors (Lipinski definition) is 2. The smallest absolute Gasteiger partial charge is 0.266 e. The highest BCUT2D eigenvalue weighted by Crippen LogP contribution is 2.30. The number of nitrogens with one attached hydrogen (secondary N) is 2. The molecule has 0 aliphatic rings. The van der Waals surface area contributed by atoms with E-state index in [1.165, 1.54) is 32.5 Å². The first kappa shape index (κ1) is 31.0. The molecular weight excluding hydrogens is 607 g/mol. The molecule has 0 aliphatic heterocycles. The maximum atomic E-state index is 15.1. The van der Waals surface area contributed by atoms with E-state index < -0.39 is 28.6 Å². The molecule has 3 aromatic carbocycles. The molecule has 0 saturated carbocycles. The minimum absolute atomic E-state index is 0.0557. The second-order valence-electron chi connectivity index (χ2n) is 9.35. The standard InChI is InChI=1S/C30H27FN6O7S/c1-41-21-8-3-18(4-9-21)15-43-29-27(28(38)33-24-12-7-20(13-23(24)31)25-14-32-37-36-25)30(35-26(34-29)17-45(39)40)44-16-19-5-10-22(42-2)11-6-19/h3-14H,15-17H2,1-2H3,(H,33,38)(H,39,40)(H,32,36,37)/p-1. The molecule has 5 rings (SSSR count). The lowest BCUT2D eigenvalue weighted by molar-refractivity contribution is 0.101. The molecule has 2 heterocycles. The number of aromatic nitrogens is 5. The number of carbonyl (C=O) groups is 1. The van der Waals surface area contributed by atoms with E-state index in [0.29, 0.717) is 33.9 Å². The first-order chi connectivity index (χ1) is 21.8. The van der Waals surface area contributed by atoms with E-state index in [0.717, 1.165) is 0 Å². The molecule has 5 aromatic rings. The number of rotatable bonds is 13. The van der Waals surface area contributed by atoms with Gasteiger partial charge in [-0.1, -0.05) is 30.3 Å². The minimum Gasteiger partial charge on any atom is -0.772 e. The van der Waals surface area contributed by atoms with Crippen LogP contribution in [0.2, 0.25) is 0 Å². The van der Waals surface area contributed by atoms with E-state index in [2.05, 4.69) is 30.7 Å². The summed E-state index contributed by atoms with van der Waals surface area (Å²) in [6, 6.07) is 18.0. The third kappa shape index (κ3) is 7.95. The van der Waals surface area contributed by atoms with Gasteiger partial charge in [0.05, 0.1) is 31.9 Å².